The van der Waals surface area contributed by atoms with Gasteiger partial charge < -0.3 is 10.0 Å². The van der Waals surface area contributed by atoms with Crippen LogP contribution in [0.15, 0.2) is 0 Å². The van der Waals surface area contributed by atoms with Gasteiger partial charge in [-0.15, -0.1) is 11.8 Å². The zero-order valence-corrected chi connectivity index (χ0v) is 16.6. The third kappa shape index (κ3) is 2.98. The lowest BCUT2D eigenvalue weighted by Crippen LogP contribution is -2.49. The molecular weight excluding hydrogens is 362 g/mol. The first-order valence-corrected chi connectivity index (χ1v) is 11.1. The number of carboxylic acid groups (broad SMARTS) is 1. The van der Waals surface area contributed by atoms with Crippen molar-refractivity contribution < 1.29 is 14.7 Å². The molecule has 6 rings (SSSR count). The smallest absolute Gasteiger partial charge is 0.356 e. The standard InChI is InChI=1S/C20H27N3O3S/c1-22-16-2-3-23(10-15(16)18(21-22)19(25)26)17(24)11-27-20-7-12-4-13(8-20)6-14(5-12)9-20/h12-14H,2-11H2,1H3,(H,25,26). The van der Waals surface area contributed by atoms with E-state index in [1.54, 1.807) is 11.7 Å². The Bertz CT molecular complexity index is 767. The van der Waals surface area contributed by atoms with Crippen molar-refractivity contribution in [2.45, 2.75) is 56.2 Å². The molecule has 0 saturated heterocycles. The maximum Gasteiger partial charge on any atom is 0.356 e. The molecule has 1 amide bonds. The quantitative estimate of drug-likeness (QED) is 0.857. The molecule has 4 fully saturated rings. The summed E-state index contributed by atoms with van der Waals surface area (Å²) in [7, 11) is 1.78. The Labute approximate surface area is 163 Å². The fraction of sp³-hybridized carbons (Fsp3) is 0.750. The van der Waals surface area contributed by atoms with Gasteiger partial charge in [-0.1, -0.05) is 0 Å². The first-order valence-electron chi connectivity index (χ1n) is 10.1. The molecule has 4 aliphatic carbocycles. The summed E-state index contributed by atoms with van der Waals surface area (Å²) in [6.07, 6.45) is 8.83. The van der Waals surface area contributed by atoms with E-state index < -0.39 is 5.97 Å². The Morgan fingerprint density at radius 2 is 1.81 bits per heavy atom. The Kier molecular flexibility index (Phi) is 4.08. The minimum Gasteiger partial charge on any atom is -0.476 e. The number of aromatic carboxylic acids is 1. The van der Waals surface area contributed by atoms with Gasteiger partial charge in [0.15, 0.2) is 5.69 Å². The average Bonchev–Trinajstić information content (AvgIpc) is 2.95. The second-order valence-corrected chi connectivity index (χ2v) is 10.6. The summed E-state index contributed by atoms with van der Waals surface area (Å²) in [5, 5.41) is 13.5. The molecule has 1 N–H and O–H groups in total. The second kappa shape index (κ2) is 6.26. The number of fused-ring (bicyclic) bond motifs is 1. The highest BCUT2D eigenvalue weighted by Crippen LogP contribution is 2.60. The maximum absolute atomic E-state index is 12.9. The van der Waals surface area contributed by atoms with Gasteiger partial charge in [0.05, 0.1) is 5.75 Å². The lowest BCUT2D eigenvalue weighted by molar-refractivity contribution is -0.129. The molecule has 5 aliphatic rings. The molecule has 1 aromatic rings. The summed E-state index contributed by atoms with van der Waals surface area (Å²) in [4.78, 5) is 26.2. The first-order chi connectivity index (χ1) is 12.9. The molecule has 7 heteroatoms. The van der Waals surface area contributed by atoms with Crippen LogP contribution in [0.5, 0.6) is 0 Å². The number of nitrogens with zero attached hydrogens (tertiary/aromatic N) is 3. The number of rotatable bonds is 4. The van der Waals surface area contributed by atoms with Crippen LogP contribution < -0.4 is 0 Å². The van der Waals surface area contributed by atoms with Crippen LogP contribution in [0, 0.1) is 17.8 Å². The molecule has 2 heterocycles. The third-order valence-corrected chi connectivity index (χ3v) is 8.79. The SMILES string of the molecule is Cn1nc(C(=O)O)c2c1CCN(C(=O)CSC13CC4CC(CC(C4)C1)C3)C2. The molecule has 4 saturated carbocycles. The predicted molar refractivity (Wildman–Crippen MR) is 103 cm³/mol. The Balaban J connectivity index is 1.26. The van der Waals surface area contributed by atoms with Gasteiger partial charge in [0, 0.05) is 42.6 Å². The van der Waals surface area contributed by atoms with Crippen molar-refractivity contribution in [3.8, 4) is 0 Å². The van der Waals surface area contributed by atoms with Crippen LogP contribution >= 0.6 is 11.8 Å². The van der Waals surface area contributed by atoms with E-state index in [-0.39, 0.29) is 11.6 Å². The number of thioether (sulfide) groups is 1. The highest BCUT2D eigenvalue weighted by Gasteiger charge is 2.51. The fourth-order valence-electron chi connectivity index (χ4n) is 6.49. The number of hydrogen-bond acceptors (Lipinski definition) is 4. The van der Waals surface area contributed by atoms with Gasteiger partial charge in [-0.05, 0) is 56.3 Å². The molecule has 0 spiro atoms. The molecule has 1 aliphatic heterocycles. The molecule has 27 heavy (non-hydrogen) atoms. The Morgan fingerprint density at radius 3 is 2.41 bits per heavy atom. The van der Waals surface area contributed by atoms with Crippen molar-refractivity contribution in [1.82, 2.24) is 14.7 Å². The van der Waals surface area contributed by atoms with Crippen molar-refractivity contribution in [3.05, 3.63) is 17.0 Å². The number of amides is 1. The largest absolute Gasteiger partial charge is 0.476 e. The predicted octanol–water partition coefficient (Wildman–Crippen LogP) is 2.71. The highest BCUT2D eigenvalue weighted by molar-refractivity contribution is 8.01. The molecule has 4 bridgehead atoms. The van der Waals surface area contributed by atoms with E-state index in [2.05, 4.69) is 5.10 Å². The number of hydrogen-bond donors (Lipinski definition) is 1. The van der Waals surface area contributed by atoms with Crippen molar-refractivity contribution in [2.75, 3.05) is 12.3 Å². The van der Waals surface area contributed by atoms with Gasteiger partial charge in [-0.2, -0.15) is 5.10 Å². The zero-order valence-electron chi connectivity index (χ0n) is 15.8. The minimum atomic E-state index is -1.01. The molecule has 0 atom stereocenters. The van der Waals surface area contributed by atoms with E-state index in [9.17, 15) is 14.7 Å². The summed E-state index contributed by atoms with van der Waals surface area (Å²) >= 11 is 1.90. The summed E-state index contributed by atoms with van der Waals surface area (Å²) in [5.74, 6) is 2.36. The topological polar surface area (TPSA) is 75.4 Å². The Morgan fingerprint density at radius 1 is 1.19 bits per heavy atom. The number of carboxylic acids is 1. The highest BCUT2D eigenvalue weighted by atomic mass is 32.2. The molecule has 0 unspecified atom stereocenters. The Hall–Kier alpha value is -1.50. The molecule has 0 radical (unpaired) electrons. The van der Waals surface area contributed by atoms with Crippen LogP contribution in [-0.2, 0) is 24.8 Å². The minimum absolute atomic E-state index is 0.0961. The maximum atomic E-state index is 12.9. The molecule has 1 aromatic heterocycles. The van der Waals surface area contributed by atoms with E-state index in [0.29, 0.717) is 35.6 Å². The van der Waals surface area contributed by atoms with Crippen molar-refractivity contribution in [1.29, 1.82) is 0 Å². The summed E-state index contributed by atoms with van der Waals surface area (Å²) in [6.45, 7) is 1.04. The van der Waals surface area contributed by atoms with Crippen molar-refractivity contribution in [3.63, 3.8) is 0 Å². The van der Waals surface area contributed by atoms with Crippen LogP contribution in [0.25, 0.3) is 0 Å². The molecule has 146 valence electrons. The van der Waals surface area contributed by atoms with E-state index in [4.69, 9.17) is 0 Å². The number of carbonyl (C=O) groups excluding carboxylic acids is 1. The van der Waals surface area contributed by atoms with E-state index >= 15 is 0 Å². The lowest BCUT2D eigenvalue weighted by atomic mass is 9.56. The van der Waals surface area contributed by atoms with Gasteiger partial charge in [0.2, 0.25) is 5.91 Å². The normalized spacial score (nSPS) is 34.0. The van der Waals surface area contributed by atoms with Gasteiger partial charge in [0.1, 0.15) is 0 Å². The summed E-state index contributed by atoms with van der Waals surface area (Å²) in [6, 6.07) is 0. The van der Waals surface area contributed by atoms with E-state index in [1.165, 1.54) is 38.5 Å². The molecule has 6 nitrogen and oxygen atoms in total. The molecule has 0 aromatic carbocycles. The fourth-order valence-corrected chi connectivity index (χ4v) is 8.16. The molecular formula is C20H27N3O3S. The average molecular weight is 390 g/mol. The second-order valence-electron chi connectivity index (χ2n) is 9.16. The number of aryl methyl sites for hydroxylation is 1. The van der Waals surface area contributed by atoms with Gasteiger partial charge >= 0.3 is 5.97 Å². The van der Waals surface area contributed by atoms with Gasteiger partial charge in [-0.3, -0.25) is 9.48 Å². The van der Waals surface area contributed by atoms with E-state index in [1.807, 2.05) is 16.7 Å². The van der Waals surface area contributed by atoms with Crippen LogP contribution in [0.4, 0.5) is 0 Å². The summed E-state index contributed by atoms with van der Waals surface area (Å²) < 4.78 is 2.00. The number of carbonyl (C=O) groups is 2. The lowest BCUT2D eigenvalue weighted by Gasteiger charge is -2.56. The van der Waals surface area contributed by atoms with Crippen LogP contribution in [0.1, 0.15) is 60.3 Å². The first kappa shape index (κ1) is 17.6. The van der Waals surface area contributed by atoms with E-state index in [0.717, 1.165) is 23.4 Å². The third-order valence-electron chi connectivity index (χ3n) is 7.28. The summed E-state index contributed by atoms with van der Waals surface area (Å²) in [5.41, 5.74) is 1.76. The number of aromatic nitrogens is 2. The monoisotopic (exact) mass is 389 g/mol. The zero-order chi connectivity index (χ0) is 18.8. The van der Waals surface area contributed by atoms with Gasteiger partial charge in [0.25, 0.3) is 0 Å². The van der Waals surface area contributed by atoms with Crippen LogP contribution in [0.2, 0.25) is 0 Å². The van der Waals surface area contributed by atoms with Crippen LogP contribution in [-0.4, -0.2) is 48.7 Å². The van der Waals surface area contributed by atoms with Gasteiger partial charge in [-0.25, -0.2) is 4.79 Å². The van der Waals surface area contributed by atoms with Crippen molar-refractivity contribution >= 4 is 23.6 Å². The van der Waals surface area contributed by atoms with Crippen molar-refractivity contribution in [2.24, 2.45) is 24.8 Å². The van der Waals surface area contributed by atoms with Crippen LogP contribution in [0.3, 0.4) is 0 Å².